The van der Waals surface area contributed by atoms with Crippen molar-refractivity contribution in [2.24, 2.45) is 15.1 Å². The standard InChI is InChI=1S/C27H37N5O4/c1-6-22-8-7-9-24(18-22)32(3)31-13-12-27(30-21-28-2)29-20-23-10-11-25(35-16-14-33-4)26(19-23)36-17-15-34-5/h6-11,13,18-19,21H,1,12,14-17,20H2,2-5H3,(H,28,29,30)/b31-13-. The van der Waals surface area contributed by atoms with Gasteiger partial charge in [0.05, 0.1) is 31.8 Å². The van der Waals surface area contributed by atoms with Gasteiger partial charge in [-0.1, -0.05) is 30.9 Å². The zero-order valence-corrected chi connectivity index (χ0v) is 21.6. The van der Waals surface area contributed by atoms with Gasteiger partial charge in [0.2, 0.25) is 0 Å². The van der Waals surface area contributed by atoms with Gasteiger partial charge in [0.1, 0.15) is 19.0 Å². The highest BCUT2D eigenvalue weighted by atomic mass is 16.5. The highest BCUT2D eigenvalue weighted by molar-refractivity contribution is 5.99. The molecule has 2 rings (SSSR count). The van der Waals surface area contributed by atoms with Crippen LogP contribution in [-0.2, 0) is 16.0 Å². The predicted octanol–water partition coefficient (Wildman–Crippen LogP) is 4.04. The van der Waals surface area contributed by atoms with Gasteiger partial charge in [0.25, 0.3) is 0 Å². The number of aliphatic imine (C=N–C) groups is 2. The van der Waals surface area contributed by atoms with Crippen LogP contribution in [0.2, 0.25) is 0 Å². The van der Waals surface area contributed by atoms with Crippen LogP contribution in [0.15, 0.2) is 64.1 Å². The second-order valence-corrected chi connectivity index (χ2v) is 7.58. The van der Waals surface area contributed by atoms with Crippen molar-refractivity contribution in [1.29, 1.82) is 0 Å². The molecule has 0 unspecified atom stereocenters. The zero-order valence-electron chi connectivity index (χ0n) is 21.6. The Balaban J connectivity index is 2.10. The summed E-state index contributed by atoms with van der Waals surface area (Å²) in [6.45, 7) is 6.10. The molecular weight excluding hydrogens is 458 g/mol. The fourth-order valence-electron chi connectivity index (χ4n) is 3.02. The monoisotopic (exact) mass is 495 g/mol. The second-order valence-electron chi connectivity index (χ2n) is 7.58. The summed E-state index contributed by atoms with van der Waals surface area (Å²) in [6.07, 6.45) is 5.73. The van der Waals surface area contributed by atoms with E-state index in [1.807, 2.05) is 66.8 Å². The third-order valence-corrected chi connectivity index (χ3v) is 4.93. The quantitative estimate of drug-likeness (QED) is 0.164. The highest BCUT2D eigenvalue weighted by Gasteiger charge is 2.08. The Labute approximate surface area is 214 Å². The predicted molar refractivity (Wildman–Crippen MR) is 148 cm³/mol. The van der Waals surface area contributed by atoms with Crippen molar-refractivity contribution in [2.75, 3.05) is 59.8 Å². The fourth-order valence-corrected chi connectivity index (χ4v) is 3.02. The molecule has 2 aromatic rings. The highest BCUT2D eigenvalue weighted by Crippen LogP contribution is 2.29. The van der Waals surface area contributed by atoms with Gasteiger partial charge in [0, 0.05) is 41.0 Å². The molecule has 194 valence electrons. The molecule has 0 fully saturated rings. The molecule has 2 aromatic carbocycles. The van der Waals surface area contributed by atoms with E-state index in [1.54, 1.807) is 27.6 Å². The van der Waals surface area contributed by atoms with E-state index in [0.717, 1.165) is 22.6 Å². The average Bonchev–Trinajstić information content (AvgIpc) is 2.91. The van der Waals surface area contributed by atoms with E-state index in [0.29, 0.717) is 50.9 Å². The molecule has 9 nitrogen and oxygen atoms in total. The van der Waals surface area contributed by atoms with E-state index in [9.17, 15) is 0 Å². The summed E-state index contributed by atoms with van der Waals surface area (Å²) in [6, 6.07) is 13.8. The van der Waals surface area contributed by atoms with Crippen molar-refractivity contribution in [3.63, 3.8) is 0 Å². The van der Waals surface area contributed by atoms with Crippen LogP contribution in [0.4, 0.5) is 5.69 Å². The van der Waals surface area contributed by atoms with Crippen molar-refractivity contribution in [2.45, 2.75) is 13.0 Å². The van der Waals surface area contributed by atoms with Crippen molar-refractivity contribution in [1.82, 2.24) is 5.32 Å². The summed E-state index contributed by atoms with van der Waals surface area (Å²) in [4.78, 5) is 8.72. The average molecular weight is 496 g/mol. The molecule has 0 radical (unpaired) electrons. The maximum atomic E-state index is 5.86. The van der Waals surface area contributed by atoms with E-state index in [4.69, 9.17) is 23.9 Å². The topological polar surface area (TPSA) is 89.3 Å². The first-order valence-electron chi connectivity index (χ1n) is 11.7. The van der Waals surface area contributed by atoms with Gasteiger partial charge >= 0.3 is 0 Å². The molecule has 1 N–H and O–H groups in total. The van der Waals surface area contributed by atoms with Crippen molar-refractivity contribution in [3.8, 4) is 11.5 Å². The third kappa shape index (κ3) is 10.3. The van der Waals surface area contributed by atoms with Gasteiger partial charge < -0.3 is 24.3 Å². The van der Waals surface area contributed by atoms with Gasteiger partial charge in [-0.25, -0.2) is 0 Å². The molecule has 0 aliphatic heterocycles. The molecular formula is C27H37N5O4. The summed E-state index contributed by atoms with van der Waals surface area (Å²) < 4.78 is 21.8. The van der Waals surface area contributed by atoms with Crippen LogP contribution in [0.5, 0.6) is 11.5 Å². The van der Waals surface area contributed by atoms with E-state index < -0.39 is 0 Å². The first-order valence-corrected chi connectivity index (χ1v) is 11.7. The van der Waals surface area contributed by atoms with Crippen molar-refractivity contribution >= 4 is 30.2 Å². The lowest BCUT2D eigenvalue weighted by Gasteiger charge is -2.14. The first kappa shape index (κ1) is 28.5. The SMILES string of the molecule is C=Cc1cccc(N(C)/N=C\CC(=NCc2ccc(OCCOC)c(OCCOC)c2)NC=NC)c1. The molecule has 0 aromatic heterocycles. The molecule has 0 atom stereocenters. The van der Waals surface area contributed by atoms with Gasteiger partial charge in [-0.05, 0) is 35.4 Å². The van der Waals surface area contributed by atoms with Crippen LogP contribution in [0.25, 0.3) is 6.08 Å². The lowest BCUT2D eigenvalue weighted by molar-refractivity contribution is 0.132. The Morgan fingerprint density at radius 2 is 1.75 bits per heavy atom. The number of benzene rings is 2. The molecule has 0 saturated heterocycles. The summed E-state index contributed by atoms with van der Waals surface area (Å²) in [7, 11) is 6.87. The van der Waals surface area contributed by atoms with Crippen molar-refractivity contribution in [3.05, 3.63) is 60.2 Å². The number of nitrogens with one attached hydrogen (secondary N) is 1. The molecule has 0 heterocycles. The first-order chi connectivity index (χ1) is 17.6. The Bertz CT molecular complexity index is 1020. The van der Waals surface area contributed by atoms with Gasteiger partial charge in [-0.2, -0.15) is 5.10 Å². The number of hydrogen-bond donors (Lipinski definition) is 1. The van der Waals surface area contributed by atoms with E-state index in [2.05, 4.69) is 22.0 Å². The van der Waals surface area contributed by atoms with Crippen molar-refractivity contribution < 1.29 is 18.9 Å². The molecule has 0 spiro atoms. The third-order valence-electron chi connectivity index (χ3n) is 4.93. The van der Waals surface area contributed by atoms with Crippen LogP contribution in [0, 0.1) is 0 Å². The molecule has 0 aliphatic rings. The van der Waals surface area contributed by atoms with Gasteiger partial charge in [-0.15, -0.1) is 0 Å². The minimum atomic E-state index is 0.420. The summed E-state index contributed by atoms with van der Waals surface area (Å²) in [5.74, 6) is 2.04. The summed E-state index contributed by atoms with van der Waals surface area (Å²) >= 11 is 0. The second kappa shape index (κ2) is 16.9. The Kier molecular flexibility index (Phi) is 13.4. The number of hydrazone groups is 1. The number of hydrogen-bond acceptors (Lipinski definition) is 8. The minimum absolute atomic E-state index is 0.420. The van der Waals surface area contributed by atoms with Crippen LogP contribution in [0.1, 0.15) is 17.5 Å². The fraction of sp³-hybridized carbons (Fsp3) is 0.370. The van der Waals surface area contributed by atoms with Crippen LogP contribution in [-0.4, -0.2) is 73.1 Å². The lowest BCUT2D eigenvalue weighted by Crippen LogP contribution is -2.23. The largest absolute Gasteiger partial charge is 0.487 e. The number of amidine groups is 1. The van der Waals surface area contributed by atoms with Crippen LogP contribution in [0.3, 0.4) is 0 Å². The van der Waals surface area contributed by atoms with Crippen LogP contribution >= 0.6 is 0 Å². The number of methoxy groups -OCH3 is 2. The Hall–Kier alpha value is -3.69. The molecule has 0 bridgehead atoms. The number of anilines is 1. The molecule has 36 heavy (non-hydrogen) atoms. The molecule has 0 saturated carbocycles. The Morgan fingerprint density at radius 3 is 2.44 bits per heavy atom. The maximum Gasteiger partial charge on any atom is 0.161 e. The molecule has 9 heteroatoms. The van der Waals surface area contributed by atoms with Gasteiger partial charge in [0.15, 0.2) is 11.5 Å². The molecule has 0 aliphatic carbocycles. The summed E-state index contributed by atoms with van der Waals surface area (Å²) in [5.41, 5.74) is 2.99. The number of ether oxygens (including phenoxy) is 4. The Morgan fingerprint density at radius 1 is 1.00 bits per heavy atom. The zero-order chi connectivity index (χ0) is 26.0. The van der Waals surface area contributed by atoms with E-state index in [-0.39, 0.29) is 0 Å². The molecule has 0 amide bonds. The van der Waals surface area contributed by atoms with E-state index in [1.165, 1.54) is 0 Å². The van der Waals surface area contributed by atoms with E-state index >= 15 is 0 Å². The maximum absolute atomic E-state index is 5.86. The lowest BCUT2D eigenvalue weighted by atomic mass is 10.2. The normalized spacial score (nSPS) is 11.7. The minimum Gasteiger partial charge on any atom is -0.487 e. The van der Waals surface area contributed by atoms with Crippen LogP contribution < -0.4 is 19.8 Å². The number of rotatable bonds is 16. The number of nitrogens with zero attached hydrogens (tertiary/aromatic N) is 4. The smallest absolute Gasteiger partial charge is 0.161 e. The van der Waals surface area contributed by atoms with Gasteiger partial charge in [-0.3, -0.25) is 15.0 Å². The summed E-state index contributed by atoms with van der Waals surface area (Å²) in [5, 5.41) is 9.46.